The van der Waals surface area contributed by atoms with Crippen molar-refractivity contribution in [2.45, 2.75) is 11.8 Å². The molecule has 34 heavy (non-hydrogen) atoms. The van der Waals surface area contributed by atoms with Crippen molar-refractivity contribution in [3.8, 4) is 0 Å². The van der Waals surface area contributed by atoms with E-state index in [1.165, 1.54) is 18.7 Å². The first-order valence-electron chi connectivity index (χ1n) is 10.7. The SMILES string of the molecule is CC(=O)N/C(=C(/Cl)Sc1ccc(Cl)cc1)[P+](c1ccccc1)(c1ccccc1)c1ccccc1. The molecule has 6 heteroatoms. The average Bonchev–Trinajstić information content (AvgIpc) is 2.87. The van der Waals surface area contributed by atoms with Gasteiger partial charge in [0.15, 0.2) is 7.26 Å². The highest BCUT2D eigenvalue weighted by atomic mass is 35.5. The van der Waals surface area contributed by atoms with Gasteiger partial charge in [0, 0.05) is 16.8 Å². The van der Waals surface area contributed by atoms with E-state index in [-0.39, 0.29) is 5.91 Å². The maximum atomic E-state index is 12.6. The van der Waals surface area contributed by atoms with Gasteiger partial charge in [-0.25, -0.2) is 0 Å². The van der Waals surface area contributed by atoms with E-state index in [0.717, 1.165) is 20.8 Å². The van der Waals surface area contributed by atoms with Crippen LogP contribution in [-0.4, -0.2) is 5.91 Å². The Labute approximate surface area is 215 Å². The predicted molar refractivity (Wildman–Crippen MR) is 149 cm³/mol. The van der Waals surface area contributed by atoms with Gasteiger partial charge in [-0.2, -0.15) is 0 Å². The van der Waals surface area contributed by atoms with Crippen molar-refractivity contribution in [1.82, 2.24) is 5.32 Å². The number of thioether (sulfide) groups is 1. The summed E-state index contributed by atoms with van der Waals surface area (Å²) in [5.74, 6) is -0.169. The average molecular weight is 523 g/mol. The van der Waals surface area contributed by atoms with Gasteiger partial charge in [-0.1, -0.05) is 89.6 Å². The number of carbonyl (C=O) groups is 1. The normalized spacial score (nSPS) is 12.1. The molecular weight excluding hydrogens is 500 g/mol. The zero-order chi connectivity index (χ0) is 24.0. The molecule has 4 aromatic rings. The molecule has 170 valence electrons. The molecule has 0 aromatic heterocycles. The number of rotatable bonds is 7. The topological polar surface area (TPSA) is 29.1 Å². The highest BCUT2D eigenvalue weighted by Gasteiger charge is 2.52. The molecule has 0 aliphatic carbocycles. The Hall–Kier alpha value is -2.55. The Morgan fingerprint density at radius 1 is 0.706 bits per heavy atom. The monoisotopic (exact) mass is 522 g/mol. The molecule has 0 unspecified atom stereocenters. The van der Waals surface area contributed by atoms with Gasteiger partial charge in [0.05, 0.1) is 0 Å². The zero-order valence-corrected chi connectivity index (χ0v) is 21.7. The van der Waals surface area contributed by atoms with Gasteiger partial charge in [-0.05, 0) is 60.7 Å². The van der Waals surface area contributed by atoms with Crippen LogP contribution in [-0.2, 0) is 4.79 Å². The van der Waals surface area contributed by atoms with Gasteiger partial charge in [-0.15, -0.1) is 0 Å². The number of hydrogen-bond acceptors (Lipinski definition) is 2. The Balaban J connectivity index is 2.07. The number of nitrogens with one attached hydrogen (secondary N) is 1. The van der Waals surface area contributed by atoms with Crippen molar-refractivity contribution in [3.05, 3.63) is 130 Å². The lowest BCUT2D eigenvalue weighted by Crippen LogP contribution is -2.38. The molecule has 0 aliphatic rings. The van der Waals surface area contributed by atoms with Gasteiger partial charge in [0.1, 0.15) is 20.3 Å². The second kappa shape index (κ2) is 11.3. The molecule has 0 bridgehead atoms. The van der Waals surface area contributed by atoms with Crippen molar-refractivity contribution in [2.24, 2.45) is 0 Å². The number of amides is 1. The summed E-state index contributed by atoms with van der Waals surface area (Å²) in [4.78, 5) is 13.5. The molecule has 0 saturated heterocycles. The standard InChI is InChI=1S/C28H22Cl2NOPS/c1-21(32)31-28(27(30)34-26-19-17-22(29)18-20-26)33(23-11-5-2-6-12-23,24-13-7-3-8-14-24)25-15-9-4-10-16-25/h2-20H,1H3/p+1/b28-27+. The van der Waals surface area contributed by atoms with Crippen LogP contribution in [0.25, 0.3) is 0 Å². The van der Waals surface area contributed by atoms with Crippen LogP contribution in [0.4, 0.5) is 0 Å². The lowest BCUT2D eigenvalue weighted by molar-refractivity contribution is -0.118. The summed E-state index contributed by atoms with van der Waals surface area (Å²) in [6, 6.07) is 38.4. The Kier molecular flexibility index (Phi) is 8.13. The molecule has 2 nitrogen and oxygen atoms in total. The number of halogens is 2. The second-order valence-corrected chi connectivity index (χ2v) is 13.0. The van der Waals surface area contributed by atoms with Gasteiger partial charge in [-0.3, -0.25) is 10.1 Å². The highest BCUT2D eigenvalue weighted by molar-refractivity contribution is 8.06. The molecule has 0 fully saturated rings. The minimum absolute atomic E-state index is 0.169. The molecule has 0 spiro atoms. The van der Waals surface area contributed by atoms with E-state index >= 15 is 0 Å². The first-order chi connectivity index (χ1) is 16.5. The van der Waals surface area contributed by atoms with Gasteiger partial charge < -0.3 is 0 Å². The Morgan fingerprint density at radius 3 is 1.50 bits per heavy atom. The number of hydrogen-bond donors (Lipinski definition) is 1. The van der Waals surface area contributed by atoms with Crippen LogP contribution in [0.1, 0.15) is 6.92 Å². The largest absolute Gasteiger partial charge is 0.295 e. The summed E-state index contributed by atoms with van der Waals surface area (Å²) in [6.07, 6.45) is 0. The maximum Gasteiger partial charge on any atom is 0.223 e. The molecule has 0 aliphatic heterocycles. The van der Waals surface area contributed by atoms with Crippen molar-refractivity contribution >= 4 is 64.0 Å². The van der Waals surface area contributed by atoms with E-state index < -0.39 is 7.26 Å². The van der Waals surface area contributed by atoms with E-state index in [2.05, 4.69) is 41.7 Å². The van der Waals surface area contributed by atoms with E-state index in [1.807, 2.05) is 78.9 Å². The van der Waals surface area contributed by atoms with E-state index in [1.54, 1.807) is 0 Å². The molecule has 0 atom stereocenters. The number of benzene rings is 4. The summed E-state index contributed by atoms with van der Waals surface area (Å²) < 4.78 is 0.516. The zero-order valence-electron chi connectivity index (χ0n) is 18.5. The van der Waals surface area contributed by atoms with Crippen molar-refractivity contribution < 1.29 is 4.79 Å². The summed E-state index contributed by atoms with van der Waals surface area (Å²) in [6.45, 7) is 1.52. The summed E-state index contributed by atoms with van der Waals surface area (Å²) in [5.41, 5.74) is 0.713. The van der Waals surface area contributed by atoms with Crippen LogP contribution < -0.4 is 21.2 Å². The van der Waals surface area contributed by atoms with Gasteiger partial charge >= 0.3 is 0 Å². The van der Waals surface area contributed by atoms with Crippen LogP contribution in [0.2, 0.25) is 5.02 Å². The van der Waals surface area contributed by atoms with Crippen LogP contribution >= 0.6 is 42.2 Å². The summed E-state index contributed by atoms with van der Waals surface area (Å²) in [5, 5.41) is 7.13. The van der Waals surface area contributed by atoms with Crippen LogP contribution in [0.5, 0.6) is 0 Å². The molecular formula is C28H23Cl2NOPS+. The minimum Gasteiger partial charge on any atom is -0.295 e. The van der Waals surface area contributed by atoms with Crippen LogP contribution in [0, 0.1) is 0 Å². The fraction of sp³-hybridized carbons (Fsp3) is 0.0357. The Bertz CT molecular complexity index is 1180. The number of carbonyl (C=O) groups excluding carboxylic acids is 1. The molecule has 0 radical (unpaired) electrons. The fourth-order valence-electron chi connectivity index (χ4n) is 3.88. The summed E-state index contributed by atoms with van der Waals surface area (Å²) in [7, 11) is -2.55. The maximum absolute atomic E-state index is 12.6. The third-order valence-corrected chi connectivity index (χ3v) is 11.3. The van der Waals surface area contributed by atoms with Gasteiger partial charge in [0.2, 0.25) is 11.3 Å². The third-order valence-electron chi connectivity index (χ3n) is 5.27. The van der Waals surface area contributed by atoms with Crippen LogP contribution in [0.3, 0.4) is 0 Å². The predicted octanol–water partition coefficient (Wildman–Crippen LogP) is 6.93. The second-order valence-electron chi connectivity index (χ2n) is 7.54. The first-order valence-corrected chi connectivity index (χ1v) is 14.0. The Morgan fingerprint density at radius 2 is 1.12 bits per heavy atom. The smallest absolute Gasteiger partial charge is 0.223 e. The van der Waals surface area contributed by atoms with Gasteiger partial charge in [0.25, 0.3) is 0 Å². The lowest BCUT2D eigenvalue weighted by Gasteiger charge is -2.29. The molecule has 4 aromatic carbocycles. The van der Waals surface area contributed by atoms with Crippen molar-refractivity contribution in [3.63, 3.8) is 0 Å². The van der Waals surface area contributed by atoms with E-state index in [9.17, 15) is 4.79 Å². The minimum atomic E-state index is -2.55. The van der Waals surface area contributed by atoms with E-state index in [0.29, 0.717) is 14.8 Å². The highest BCUT2D eigenvalue weighted by Crippen LogP contribution is 2.63. The molecule has 4 rings (SSSR count). The fourth-order valence-corrected chi connectivity index (χ4v) is 9.99. The summed E-state index contributed by atoms with van der Waals surface area (Å²) >= 11 is 14.6. The van der Waals surface area contributed by atoms with Crippen LogP contribution in [0.15, 0.2) is 130 Å². The van der Waals surface area contributed by atoms with Crippen molar-refractivity contribution in [2.75, 3.05) is 0 Å². The lowest BCUT2D eigenvalue weighted by atomic mass is 10.4. The molecule has 1 N–H and O–H groups in total. The molecule has 0 heterocycles. The van der Waals surface area contributed by atoms with E-state index in [4.69, 9.17) is 23.2 Å². The van der Waals surface area contributed by atoms with Crippen molar-refractivity contribution in [1.29, 1.82) is 0 Å². The molecule has 0 saturated carbocycles. The third kappa shape index (κ3) is 5.24. The molecule has 1 amide bonds. The quantitative estimate of drug-likeness (QED) is 0.210. The first kappa shape index (κ1) is 24.6.